The summed E-state index contributed by atoms with van der Waals surface area (Å²) in [6.45, 7) is 6.05. The second-order valence-corrected chi connectivity index (χ2v) is 6.24. The summed E-state index contributed by atoms with van der Waals surface area (Å²) in [4.78, 5) is 24.8. The molecule has 2 aromatic rings. The van der Waals surface area contributed by atoms with Crippen molar-refractivity contribution in [2.75, 3.05) is 20.8 Å². The first kappa shape index (κ1) is 21.9. The van der Waals surface area contributed by atoms with Gasteiger partial charge in [0.1, 0.15) is 0 Å². The molecule has 2 amide bonds. The molecule has 2 N–H and O–H groups in total. The number of rotatable bonds is 8. The lowest BCUT2D eigenvalue weighted by Gasteiger charge is -2.15. The number of carbonyl (C=O) groups excluding carboxylic acids is 2. The highest BCUT2D eigenvalue weighted by atomic mass is 16.5. The Hall–Kier alpha value is -3.42. The molecule has 0 radical (unpaired) electrons. The van der Waals surface area contributed by atoms with Crippen LogP contribution in [0.25, 0.3) is 0 Å². The van der Waals surface area contributed by atoms with Gasteiger partial charge in [0.25, 0.3) is 11.8 Å². The van der Waals surface area contributed by atoms with E-state index in [9.17, 15) is 9.59 Å². The van der Waals surface area contributed by atoms with Gasteiger partial charge in [-0.1, -0.05) is 0 Å². The molecule has 0 atom stereocenters. The fourth-order valence-electron chi connectivity index (χ4n) is 2.50. The summed E-state index contributed by atoms with van der Waals surface area (Å²) in [6.07, 6.45) is -0.0334. The van der Waals surface area contributed by atoms with Gasteiger partial charge in [0.2, 0.25) is 0 Å². The standard InChI is InChI=1S/C21H26N2O6/c1-6-28-19-12-15(7-9-16(19)26-4)21(25)23-22-20(24)14-8-10-17(29-13(2)3)18(11-14)27-5/h7-13H,6H2,1-5H3,(H,22,24)(H,23,25). The highest BCUT2D eigenvalue weighted by Crippen LogP contribution is 2.29. The number of amides is 2. The van der Waals surface area contributed by atoms with Crippen LogP contribution in [0.3, 0.4) is 0 Å². The summed E-state index contributed by atoms with van der Waals surface area (Å²) in [7, 11) is 3.01. The Balaban J connectivity index is 2.06. The molecule has 0 saturated heterocycles. The van der Waals surface area contributed by atoms with Crippen LogP contribution in [0.5, 0.6) is 23.0 Å². The average Bonchev–Trinajstić information content (AvgIpc) is 2.71. The molecular formula is C21H26N2O6. The third-order valence-electron chi connectivity index (χ3n) is 3.80. The maximum Gasteiger partial charge on any atom is 0.269 e. The van der Waals surface area contributed by atoms with E-state index in [2.05, 4.69) is 10.9 Å². The topological polar surface area (TPSA) is 95.1 Å². The molecule has 0 aliphatic heterocycles. The van der Waals surface area contributed by atoms with Crippen LogP contribution in [0.1, 0.15) is 41.5 Å². The van der Waals surface area contributed by atoms with E-state index < -0.39 is 11.8 Å². The summed E-state index contributed by atoms with van der Waals surface area (Å²) in [5.41, 5.74) is 5.38. The zero-order valence-electron chi connectivity index (χ0n) is 17.2. The van der Waals surface area contributed by atoms with Crippen LogP contribution in [0.2, 0.25) is 0 Å². The number of hydrogen-bond donors (Lipinski definition) is 2. The number of hydrogen-bond acceptors (Lipinski definition) is 6. The van der Waals surface area contributed by atoms with Crippen LogP contribution in [0.4, 0.5) is 0 Å². The summed E-state index contributed by atoms with van der Waals surface area (Å²) in [6, 6.07) is 9.52. The van der Waals surface area contributed by atoms with E-state index in [1.54, 1.807) is 36.4 Å². The normalized spacial score (nSPS) is 10.3. The smallest absolute Gasteiger partial charge is 0.269 e. The fraction of sp³-hybridized carbons (Fsp3) is 0.333. The lowest BCUT2D eigenvalue weighted by atomic mass is 10.2. The molecule has 8 heteroatoms. The molecule has 2 aromatic carbocycles. The Morgan fingerprint density at radius 3 is 1.83 bits per heavy atom. The monoisotopic (exact) mass is 402 g/mol. The third kappa shape index (κ3) is 5.78. The molecular weight excluding hydrogens is 376 g/mol. The molecule has 156 valence electrons. The van der Waals surface area contributed by atoms with Crippen LogP contribution in [-0.2, 0) is 0 Å². The van der Waals surface area contributed by atoms with E-state index >= 15 is 0 Å². The van der Waals surface area contributed by atoms with Gasteiger partial charge in [-0.25, -0.2) is 0 Å². The quantitative estimate of drug-likeness (QED) is 0.659. The SMILES string of the molecule is CCOc1cc(C(=O)NNC(=O)c2ccc(OC(C)C)c(OC)c2)ccc1OC. The molecule has 0 aliphatic rings. The first-order valence-corrected chi connectivity index (χ1v) is 9.15. The molecule has 0 heterocycles. The third-order valence-corrected chi connectivity index (χ3v) is 3.80. The van der Waals surface area contributed by atoms with Crippen molar-refractivity contribution in [1.82, 2.24) is 10.9 Å². The second-order valence-electron chi connectivity index (χ2n) is 6.24. The molecule has 0 aromatic heterocycles. The van der Waals surface area contributed by atoms with Crippen molar-refractivity contribution in [2.24, 2.45) is 0 Å². The van der Waals surface area contributed by atoms with Crippen molar-refractivity contribution in [3.8, 4) is 23.0 Å². The van der Waals surface area contributed by atoms with Gasteiger partial charge in [-0.3, -0.25) is 20.4 Å². The zero-order valence-corrected chi connectivity index (χ0v) is 17.2. The molecule has 0 bridgehead atoms. The molecule has 0 spiro atoms. The molecule has 29 heavy (non-hydrogen) atoms. The Morgan fingerprint density at radius 2 is 1.34 bits per heavy atom. The number of benzene rings is 2. The zero-order chi connectivity index (χ0) is 21.4. The minimum absolute atomic E-state index is 0.0334. The minimum atomic E-state index is -0.494. The Bertz CT molecular complexity index is 866. The number of nitrogens with one attached hydrogen (secondary N) is 2. The predicted molar refractivity (Wildman–Crippen MR) is 108 cm³/mol. The number of hydrazine groups is 1. The van der Waals surface area contributed by atoms with Crippen molar-refractivity contribution in [3.63, 3.8) is 0 Å². The van der Waals surface area contributed by atoms with Gasteiger partial charge in [-0.2, -0.15) is 0 Å². The van der Waals surface area contributed by atoms with Crippen molar-refractivity contribution in [2.45, 2.75) is 26.9 Å². The number of methoxy groups -OCH3 is 2. The Morgan fingerprint density at radius 1 is 0.828 bits per heavy atom. The van der Waals surface area contributed by atoms with Crippen molar-refractivity contribution >= 4 is 11.8 Å². The minimum Gasteiger partial charge on any atom is -0.493 e. The number of carbonyl (C=O) groups is 2. The average molecular weight is 402 g/mol. The second kappa shape index (κ2) is 10.2. The first-order chi connectivity index (χ1) is 13.9. The van der Waals surface area contributed by atoms with E-state index in [1.807, 2.05) is 20.8 Å². The molecule has 0 fully saturated rings. The van der Waals surface area contributed by atoms with Crippen molar-refractivity contribution in [1.29, 1.82) is 0 Å². The van der Waals surface area contributed by atoms with Gasteiger partial charge in [0, 0.05) is 11.1 Å². The maximum atomic E-state index is 12.4. The van der Waals surface area contributed by atoms with Gasteiger partial charge >= 0.3 is 0 Å². The fourth-order valence-corrected chi connectivity index (χ4v) is 2.50. The lowest BCUT2D eigenvalue weighted by Crippen LogP contribution is -2.41. The van der Waals surface area contributed by atoms with Gasteiger partial charge in [0.05, 0.1) is 26.9 Å². The maximum absolute atomic E-state index is 12.4. The van der Waals surface area contributed by atoms with E-state index in [0.717, 1.165) is 0 Å². The first-order valence-electron chi connectivity index (χ1n) is 9.15. The van der Waals surface area contributed by atoms with Crippen molar-refractivity contribution < 1.29 is 28.5 Å². The van der Waals surface area contributed by atoms with Gasteiger partial charge in [-0.05, 0) is 57.2 Å². The summed E-state index contributed by atoms with van der Waals surface area (Å²) in [5, 5.41) is 0. The molecule has 0 aliphatic carbocycles. The van der Waals surface area contributed by atoms with Crippen LogP contribution in [0, 0.1) is 0 Å². The molecule has 0 saturated carbocycles. The van der Waals surface area contributed by atoms with Crippen LogP contribution in [-0.4, -0.2) is 38.7 Å². The number of ether oxygens (including phenoxy) is 4. The Kier molecular flexibility index (Phi) is 7.70. The van der Waals surface area contributed by atoms with E-state index in [1.165, 1.54) is 14.2 Å². The van der Waals surface area contributed by atoms with Gasteiger partial charge in [0.15, 0.2) is 23.0 Å². The predicted octanol–water partition coefficient (Wildman–Crippen LogP) is 2.96. The van der Waals surface area contributed by atoms with Crippen LogP contribution >= 0.6 is 0 Å². The van der Waals surface area contributed by atoms with Crippen LogP contribution < -0.4 is 29.8 Å². The van der Waals surface area contributed by atoms with E-state index in [-0.39, 0.29) is 6.10 Å². The molecule has 8 nitrogen and oxygen atoms in total. The van der Waals surface area contributed by atoms with Gasteiger partial charge < -0.3 is 18.9 Å². The highest BCUT2D eigenvalue weighted by Gasteiger charge is 2.15. The summed E-state index contributed by atoms with van der Waals surface area (Å²) < 4.78 is 21.6. The summed E-state index contributed by atoms with van der Waals surface area (Å²) in [5.74, 6) is 0.932. The van der Waals surface area contributed by atoms with Crippen molar-refractivity contribution in [3.05, 3.63) is 47.5 Å². The summed E-state index contributed by atoms with van der Waals surface area (Å²) >= 11 is 0. The highest BCUT2D eigenvalue weighted by molar-refractivity contribution is 5.99. The van der Waals surface area contributed by atoms with Gasteiger partial charge in [-0.15, -0.1) is 0 Å². The molecule has 2 rings (SSSR count). The molecule has 0 unspecified atom stereocenters. The van der Waals surface area contributed by atoms with E-state index in [4.69, 9.17) is 18.9 Å². The largest absolute Gasteiger partial charge is 0.493 e. The Labute approximate surface area is 170 Å². The van der Waals surface area contributed by atoms with E-state index in [0.29, 0.717) is 40.7 Å². The van der Waals surface area contributed by atoms with Crippen LogP contribution in [0.15, 0.2) is 36.4 Å². The lowest BCUT2D eigenvalue weighted by molar-refractivity contribution is 0.0846.